The zero-order valence-corrected chi connectivity index (χ0v) is 20.5. The molecule has 0 aliphatic carbocycles. The molecule has 0 unspecified atom stereocenters. The molecule has 0 aliphatic heterocycles. The first kappa shape index (κ1) is 25.3. The Hall–Kier alpha value is -3.79. The van der Waals surface area contributed by atoms with Gasteiger partial charge in [-0.25, -0.2) is 0 Å². The first-order valence-electron chi connectivity index (χ1n) is 12.1. The molecular weight excluding hydrogens is 454 g/mol. The minimum Gasteiger partial charge on any atom is -0.378 e. The smallest absolute Gasteiger partial charge is 0.233 e. The summed E-state index contributed by atoms with van der Waals surface area (Å²) in [5, 5.41) is 12.2. The highest BCUT2D eigenvalue weighted by Gasteiger charge is 2.08. The van der Waals surface area contributed by atoms with E-state index in [1.807, 2.05) is 18.2 Å². The maximum atomic E-state index is 5.58. The van der Waals surface area contributed by atoms with E-state index in [4.69, 9.17) is 15.2 Å². The fraction of sp³-hybridized carbons (Fsp3) is 0.296. The predicted molar refractivity (Wildman–Crippen MR) is 145 cm³/mol. The van der Waals surface area contributed by atoms with Gasteiger partial charge in [0.1, 0.15) is 0 Å². The second kappa shape index (κ2) is 13.3. The van der Waals surface area contributed by atoms with Crippen LogP contribution in [-0.2, 0) is 16.0 Å². The van der Waals surface area contributed by atoms with Crippen LogP contribution in [0.15, 0.2) is 66.7 Å². The first-order chi connectivity index (χ1) is 17.7. The van der Waals surface area contributed by atoms with E-state index in [-0.39, 0.29) is 0 Å². The van der Waals surface area contributed by atoms with Gasteiger partial charge in [-0.15, -0.1) is 0 Å². The van der Waals surface area contributed by atoms with Crippen molar-refractivity contribution in [3.63, 3.8) is 0 Å². The lowest BCUT2D eigenvalue weighted by atomic mass is 10.1. The average molecular weight is 488 g/mol. The Balaban J connectivity index is 1.42. The molecule has 0 saturated carbocycles. The van der Waals surface area contributed by atoms with Gasteiger partial charge in [0, 0.05) is 25.3 Å². The van der Waals surface area contributed by atoms with Crippen molar-refractivity contribution in [1.82, 2.24) is 15.0 Å². The Bertz CT molecular complexity index is 1230. The van der Waals surface area contributed by atoms with E-state index < -0.39 is 0 Å². The summed E-state index contributed by atoms with van der Waals surface area (Å²) in [5.41, 5.74) is 8.67. The number of aryl methyl sites for hydroxylation is 1. The summed E-state index contributed by atoms with van der Waals surface area (Å²) >= 11 is 0. The summed E-state index contributed by atoms with van der Waals surface area (Å²) in [6, 6.07) is 22.7. The number of hydrogen-bond acceptors (Lipinski definition) is 9. The van der Waals surface area contributed by atoms with Crippen LogP contribution in [0.3, 0.4) is 0 Å². The van der Waals surface area contributed by atoms with E-state index in [2.05, 4.69) is 86.4 Å². The van der Waals surface area contributed by atoms with E-state index in [1.54, 1.807) is 0 Å². The summed E-state index contributed by atoms with van der Waals surface area (Å²) in [4.78, 5) is 13.7. The number of ether oxygens (including phenoxy) is 2. The van der Waals surface area contributed by atoms with Gasteiger partial charge in [0.25, 0.3) is 0 Å². The van der Waals surface area contributed by atoms with Gasteiger partial charge in [0.2, 0.25) is 17.8 Å². The maximum absolute atomic E-state index is 5.58. The fourth-order valence-corrected chi connectivity index (χ4v) is 3.51. The second-order valence-corrected chi connectivity index (χ2v) is 8.27. The van der Waals surface area contributed by atoms with Crippen molar-refractivity contribution in [1.29, 1.82) is 0 Å². The number of aromatic nitrogens is 3. The summed E-state index contributed by atoms with van der Waals surface area (Å²) < 4.78 is 10.9. The Morgan fingerprint density at radius 3 is 2.19 bits per heavy atom. The topological polar surface area (TPSA) is 119 Å². The van der Waals surface area contributed by atoms with Crippen molar-refractivity contribution < 1.29 is 9.47 Å². The highest BCUT2D eigenvalue weighted by atomic mass is 16.5. The number of benzene rings is 3. The number of nitrogens with one attached hydrogen (secondary N) is 3. The van der Waals surface area contributed by atoms with Crippen LogP contribution >= 0.6 is 0 Å². The summed E-state index contributed by atoms with van der Waals surface area (Å²) in [6.07, 6.45) is 0. The van der Waals surface area contributed by atoms with E-state index in [0.717, 1.165) is 16.6 Å². The third-order valence-electron chi connectivity index (χ3n) is 5.38. The summed E-state index contributed by atoms with van der Waals surface area (Å²) in [6.45, 7) is 5.81. The zero-order chi connectivity index (χ0) is 25.0. The van der Waals surface area contributed by atoms with Crippen LogP contribution in [0.5, 0.6) is 0 Å². The van der Waals surface area contributed by atoms with E-state index in [1.165, 1.54) is 10.9 Å². The Morgan fingerprint density at radius 2 is 1.42 bits per heavy atom. The Morgan fingerprint density at radius 1 is 0.722 bits per heavy atom. The third-order valence-corrected chi connectivity index (χ3v) is 5.38. The van der Waals surface area contributed by atoms with Gasteiger partial charge in [-0.1, -0.05) is 60.2 Å². The van der Waals surface area contributed by atoms with Gasteiger partial charge in [-0.2, -0.15) is 15.0 Å². The van der Waals surface area contributed by atoms with Crippen LogP contribution in [0.1, 0.15) is 11.1 Å². The standard InChI is InChI=1S/C27H33N7O2/c1-20-6-8-21(9-7-20)19-30-26-32-25(29-13-15-36-17-16-35-14-12-28)33-27(34-26)31-24-11-10-22-4-2-3-5-23(22)18-24/h2-11,18H,12-17,19,28H2,1H3,(H3,29,30,31,32,33,34). The second-order valence-electron chi connectivity index (χ2n) is 8.27. The van der Waals surface area contributed by atoms with Gasteiger partial charge >= 0.3 is 0 Å². The molecule has 0 amide bonds. The molecule has 4 rings (SSSR count). The summed E-state index contributed by atoms with van der Waals surface area (Å²) in [7, 11) is 0. The van der Waals surface area contributed by atoms with E-state index >= 15 is 0 Å². The molecule has 0 atom stereocenters. The van der Waals surface area contributed by atoms with Crippen molar-refractivity contribution >= 4 is 34.3 Å². The van der Waals surface area contributed by atoms with Crippen LogP contribution in [-0.4, -0.2) is 54.5 Å². The highest BCUT2D eigenvalue weighted by molar-refractivity contribution is 5.86. The Kier molecular flexibility index (Phi) is 9.38. The Labute approximate surface area is 211 Å². The van der Waals surface area contributed by atoms with Crippen LogP contribution in [0.25, 0.3) is 10.8 Å². The molecule has 5 N–H and O–H groups in total. The summed E-state index contributed by atoms with van der Waals surface area (Å²) in [5.74, 6) is 1.39. The van der Waals surface area contributed by atoms with Crippen LogP contribution < -0.4 is 21.7 Å². The number of anilines is 4. The van der Waals surface area contributed by atoms with E-state index in [9.17, 15) is 0 Å². The number of rotatable bonds is 14. The number of nitrogens with two attached hydrogens (primary N) is 1. The SMILES string of the molecule is Cc1ccc(CNc2nc(NCCOCCOCCN)nc(Nc3ccc4ccccc4c3)n2)cc1. The zero-order valence-electron chi connectivity index (χ0n) is 20.5. The molecule has 188 valence electrons. The molecule has 0 bridgehead atoms. The molecule has 1 heterocycles. The highest BCUT2D eigenvalue weighted by Crippen LogP contribution is 2.22. The quantitative estimate of drug-likeness (QED) is 0.195. The van der Waals surface area contributed by atoms with Crippen molar-refractivity contribution in [3.05, 3.63) is 77.9 Å². The number of nitrogens with zero attached hydrogens (tertiary/aromatic N) is 3. The predicted octanol–water partition coefficient (Wildman–Crippen LogP) is 4.09. The molecule has 0 fully saturated rings. The maximum Gasteiger partial charge on any atom is 0.233 e. The van der Waals surface area contributed by atoms with Crippen LogP contribution in [0, 0.1) is 6.92 Å². The number of fused-ring (bicyclic) bond motifs is 1. The lowest BCUT2D eigenvalue weighted by molar-refractivity contribution is 0.0547. The molecule has 0 aliphatic rings. The molecule has 36 heavy (non-hydrogen) atoms. The molecule has 9 heteroatoms. The minimum atomic E-state index is 0.449. The molecular formula is C27H33N7O2. The largest absolute Gasteiger partial charge is 0.378 e. The lowest BCUT2D eigenvalue weighted by Gasteiger charge is -2.12. The van der Waals surface area contributed by atoms with Gasteiger partial charge in [-0.3, -0.25) is 0 Å². The van der Waals surface area contributed by atoms with Gasteiger partial charge < -0.3 is 31.2 Å². The third kappa shape index (κ3) is 7.88. The van der Waals surface area contributed by atoms with Gasteiger partial charge in [-0.05, 0) is 35.4 Å². The van der Waals surface area contributed by atoms with E-state index in [0.29, 0.717) is 63.9 Å². The minimum absolute atomic E-state index is 0.449. The average Bonchev–Trinajstić information content (AvgIpc) is 2.90. The molecule has 0 spiro atoms. The molecule has 9 nitrogen and oxygen atoms in total. The van der Waals surface area contributed by atoms with Crippen molar-refractivity contribution in [2.45, 2.75) is 13.5 Å². The molecule has 4 aromatic rings. The van der Waals surface area contributed by atoms with Crippen molar-refractivity contribution in [3.8, 4) is 0 Å². The molecule has 0 radical (unpaired) electrons. The lowest BCUT2D eigenvalue weighted by Crippen LogP contribution is -2.17. The van der Waals surface area contributed by atoms with Crippen molar-refractivity contribution in [2.75, 3.05) is 55.5 Å². The molecule has 1 aromatic heterocycles. The van der Waals surface area contributed by atoms with Crippen LogP contribution in [0.2, 0.25) is 0 Å². The normalized spacial score (nSPS) is 10.9. The van der Waals surface area contributed by atoms with Crippen molar-refractivity contribution in [2.24, 2.45) is 5.73 Å². The monoisotopic (exact) mass is 487 g/mol. The molecule has 3 aromatic carbocycles. The van der Waals surface area contributed by atoms with Gasteiger partial charge in [0.15, 0.2) is 0 Å². The fourth-order valence-electron chi connectivity index (χ4n) is 3.51. The first-order valence-corrected chi connectivity index (χ1v) is 12.1. The van der Waals surface area contributed by atoms with Crippen LogP contribution in [0.4, 0.5) is 23.5 Å². The number of hydrogen-bond donors (Lipinski definition) is 4. The van der Waals surface area contributed by atoms with Gasteiger partial charge in [0.05, 0.1) is 26.4 Å². The molecule has 0 saturated heterocycles.